The molecule has 1 amide bonds. The molecule has 2 aromatic heterocycles. The second kappa shape index (κ2) is 7.50. The topological polar surface area (TPSA) is 69.0 Å². The van der Waals surface area contributed by atoms with Crippen LogP contribution >= 0.6 is 11.3 Å². The molecule has 1 aliphatic carbocycles. The Kier molecular flexibility index (Phi) is 4.49. The molecule has 1 fully saturated rings. The van der Waals surface area contributed by atoms with E-state index in [0.29, 0.717) is 18.3 Å². The van der Waals surface area contributed by atoms with Gasteiger partial charge in [-0.05, 0) is 55.5 Å². The SMILES string of the molecule is O=C1C[C@@H](c2ccc(OC3CCCC3)cc2)c2cnn(-c3nc4ccccc4s3)c2N1. The van der Waals surface area contributed by atoms with Gasteiger partial charge in [0.1, 0.15) is 11.6 Å². The second-order valence-electron chi connectivity index (χ2n) is 8.22. The van der Waals surface area contributed by atoms with Crippen molar-refractivity contribution in [1.82, 2.24) is 14.8 Å². The molecule has 7 heteroatoms. The molecule has 1 N–H and O–H groups in total. The quantitative estimate of drug-likeness (QED) is 0.478. The van der Waals surface area contributed by atoms with Crippen molar-refractivity contribution in [2.24, 2.45) is 0 Å². The number of anilines is 1. The molecule has 3 heterocycles. The van der Waals surface area contributed by atoms with E-state index in [2.05, 4.69) is 22.5 Å². The number of amides is 1. The van der Waals surface area contributed by atoms with Gasteiger partial charge < -0.3 is 10.1 Å². The number of carbonyl (C=O) groups excluding carboxylic acids is 1. The zero-order valence-corrected chi connectivity index (χ0v) is 17.8. The van der Waals surface area contributed by atoms with Crippen molar-refractivity contribution in [2.75, 3.05) is 5.32 Å². The van der Waals surface area contributed by atoms with Crippen molar-refractivity contribution in [3.05, 3.63) is 65.9 Å². The molecule has 156 valence electrons. The summed E-state index contributed by atoms with van der Waals surface area (Å²) in [6.45, 7) is 0. The van der Waals surface area contributed by atoms with E-state index in [4.69, 9.17) is 9.72 Å². The predicted molar refractivity (Wildman–Crippen MR) is 121 cm³/mol. The lowest BCUT2D eigenvalue weighted by Crippen LogP contribution is -2.24. The molecular formula is C24H22N4O2S. The Morgan fingerprint density at radius 3 is 2.68 bits per heavy atom. The van der Waals surface area contributed by atoms with Crippen LogP contribution in [0.2, 0.25) is 0 Å². The van der Waals surface area contributed by atoms with Crippen LogP contribution in [0.15, 0.2) is 54.7 Å². The maximum absolute atomic E-state index is 12.6. The van der Waals surface area contributed by atoms with Crippen LogP contribution in [0, 0.1) is 0 Å². The molecule has 1 atom stereocenters. The summed E-state index contributed by atoms with van der Waals surface area (Å²) in [5.41, 5.74) is 3.05. The predicted octanol–water partition coefficient (Wildman–Crippen LogP) is 5.28. The molecule has 6 rings (SSSR count). The van der Waals surface area contributed by atoms with E-state index >= 15 is 0 Å². The largest absolute Gasteiger partial charge is 0.490 e. The number of hydrogen-bond donors (Lipinski definition) is 1. The van der Waals surface area contributed by atoms with Crippen LogP contribution in [-0.2, 0) is 4.79 Å². The Morgan fingerprint density at radius 1 is 1.06 bits per heavy atom. The number of thiazole rings is 1. The zero-order chi connectivity index (χ0) is 20.8. The number of para-hydroxylation sites is 1. The fraction of sp³-hybridized carbons (Fsp3) is 0.292. The lowest BCUT2D eigenvalue weighted by molar-refractivity contribution is -0.116. The average Bonchev–Trinajstić information content (AvgIpc) is 3.53. The molecule has 6 nitrogen and oxygen atoms in total. The van der Waals surface area contributed by atoms with Gasteiger partial charge >= 0.3 is 0 Å². The van der Waals surface area contributed by atoms with Crippen LogP contribution in [0.25, 0.3) is 15.3 Å². The molecule has 31 heavy (non-hydrogen) atoms. The maximum Gasteiger partial charge on any atom is 0.226 e. The summed E-state index contributed by atoms with van der Waals surface area (Å²) >= 11 is 1.56. The second-order valence-corrected chi connectivity index (χ2v) is 9.23. The van der Waals surface area contributed by atoms with Crippen LogP contribution < -0.4 is 10.1 Å². The van der Waals surface area contributed by atoms with Gasteiger partial charge in [0.2, 0.25) is 11.0 Å². The number of ether oxygens (including phenoxy) is 1. The van der Waals surface area contributed by atoms with E-state index in [1.807, 2.05) is 42.6 Å². The first-order chi connectivity index (χ1) is 15.2. The molecule has 0 saturated heterocycles. The minimum atomic E-state index is -0.0348. The number of benzene rings is 2. The summed E-state index contributed by atoms with van der Waals surface area (Å²) in [7, 11) is 0. The summed E-state index contributed by atoms with van der Waals surface area (Å²) in [5, 5.41) is 8.35. The summed E-state index contributed by atoms with van der Waals surface area (Å²) in [5.74, 6) is 1.58. The first kappa shape index (κ1) is 18.6. The van der Waals surface area contributed by atoms with Crippen molar-refractivity contribution < 1.29 is 9.53 Å². The Bertz CT molecular complexity index is 1220. The molecule has 1 saturated carbocycles. The number of nitrogens with zero attached hydrogens (tertiary/aromatic N) is 3. The van der Waals surface area contributed by atoms with E-state index in [-0.39, 0.29) is 11.8 Å². The first-order valence-electron chi connectivity index (χ1n) is 10.7. The van der Waals surface area contributed by atoms with Gasteiger partial charge in [-0.1, -0.05) is 35.6 Å². The van der Waals surface area contributed by atoms with E-state index in [9.17, 15) is 4.79 Å². The molecule has 0 radical (unpaired) electrons. The molecule has 0 bridgehead atoms. The molecule has 0 unspecified atom stereocenters. The van der Waals surface area contributed by atoms with Gasteiger partial charge in [0.25, 0.3) is 0 Å². The summed E-state index contributed by atoms with van der Waals surface area (Å²) in [6.07, 6.45) is 7.38. The van der Waals surface area contributed by atoms with Crippen LogP contribution in [0.4, 0.5) is 5.82 Å². The number of rotatable bonds is 4. The molecular weight excluding hydrogens is 408 g/mol. The smallest absolute Gasteiger partial charge is 0.226 e. The van der Waals surface area contributed by atoms with Crippen molar-refractivity contribution in [2.45, 2.75) is 44.1 Å². The number of carbonyl (C=O) groups is 1. The van der Waals surface area contributed by atoms with Crippen LogP contribution in [0.3, 0.4) is 0 Å². The normalized spacial score (nSPS) is 18.8. The Balaban J connectivity index is 1.32. The van der Waals surface area contributed by atoms with Gasteiger partial charge in [-0.15, -0.1) is 0 Å². The number of aromatic nitrogens is 3. The lowest BCUT2D eigenvalue weighted by Gasteiger charge is -2.23. The molecule has 1 aliphatic heterocycles. The average molecular weight is 431 g/mol. The third-order valence-corrected chi connectivity index (χ3v) is 7.18. The number of nitrogens with one attached hydrogen (secondary N) is 1. The van der Waals surface area contributed by atoms with Crippen molar-refractivity contribution in [1.29, 1.82) is 0 Å². The van der Waals surface area contributed by atoms with Gasteiger partial charge in [-0.2, -0.15) is 9.78 Å². The van der Waals surface area contributed by atoms with Crippen molar-refractivity contribution in [3.63, 3.8) is 0 Å². The fourth-order valence-electron chi connectivity index (χ4n) is 4.59. The van der Waals surface area contributed by atoms with E-state index in [1.165, 1.54) is 12.8 Å². The first-order valence-corrected chi connectivity index (χ1v) is 11.6. The zero-order valence-electron chi connectivity index (χ0n) is 17.0. The van der Waals surface area contributed by atoms with Crippen LogP contribution in [0.1, 0.15) is 49.1 Å². The van der Waals surface area contributed by atoms with Crippen LogP contribution in [0.5, 0.6) is 5.75 Å². The Labute approximate surface area is 183 Å². The van der Waals surface area contributed by atoms with Crippen molar-refractivity contribution in [3.8, 4) is 10.9 Å². The third-order valence-electron chi connectivity index (χ3n) is 6.17. The Hall–Kier alpha value is -3.19. The monoisotopic (exact) mass is 430 g/mol. The standard InChI is InChI=1S/C24H22N4O2S/c29-22-13-18(15-9-11-17(12-10-15)30-16-5-1-2-6-16)19-14-25-28(23(19)27-22)24-26-20-7-3-4-8-21(20)31-24/h3-4,7-12,14,16,18H,1-2,5-6,13H2,(H,27,29)/t18-/m0/s1. The highest BCUT2D eigenvalue weighted by Crippen LogP contribution is 2.39. The van der Waals surface area contributed by atoms with Gasteiger partial charge in [0.05, 0.1) is 22.5 Å². The Morgan fingerprint density at radius 2 is 1.87 bits per heavy atom. The molecule has 2 aromatic carbocycles. The fourth-order valence-corrected chi connectivity index (χ4v) is 5.52. The van der Waals surface area contributed by atoms with Gasteiger partial charge in [-0.25, -0.2) is 4.98 Å². The van der Waals surface area contributed by atoms with Crippen molar-refractivity contribution >= 4 is 33.3 Å². The third kappa shape index (κ3) is 3.39. The molecule has 4 aromatic rings. The lowest BCUT2D eigenvalue weighted by atomic mass is 9.87. The minimum absolute atomic E-state index is 0.00774. The highest BCUT2D eigenvalue weighted by Gasteiger charge is 2.31. The molecule has 2 aliphatic rings. The minimum Gasteiger partial charge on any atom is -0.490 e. The number of fused-ring (bicyclic) bond motifs is 2. The summed E-state index contributed by atoms with van der Waals surface area (Å²) in [4.78, 5) is 17.3. The highest BCUT2D eigenvalue weighted by molar-refractivity contribution is 7.20. The van der Waals surface area contributed by atoms with E-state index in [0.717, 1.165) is 45.1 Å². The molecule has 0 spiro atoms. The maximum atomic E-state index is 12.6. The van der Waals surface area contributed by atoms with E-state index in [1.54, 1.807) is 16.0 Å². The van der Waals surface area contributed by atoms with Gasteiger partial charge in [0, 0.05) is 17.9 Å². The van der Waals surface area contributed by atoms with Gasteiger partial charge in [-0.3, -0.25) is 4.79 Å². The van der Waals surface area contributed by atoms with E-state index < -0.39 is 0 Å². The number of hydrogen-bond acceptors (Lipinski definition) is 5. The van der Waals surface area contributed by atoms with Gasteiger partial charge in [0.15, 0.2) is 0 Å². The summed E-state index contributed by atoms with van der Waals surface area (Å²) in [6, 6.07) is 16.2. The highest BCUT2D eigenvalue weighted by atomic mass is 32.1. The summed E-state index contributed by atoms with van der Waals surface area (Å²) < 4.78 is 8.94. The van der Waals surface area contributed by atoms with Crippen LogP contribution in [-0.4, -0.2) is 26.8 Å².